The van der Waals surface area contributed by atoms with E-state index in [1.807, 2.05) is 19.1 Å². The molecule has 0 fully saturated rings. The molecular formula is C10H14O2. The average Bonchev–Trinajstić information content (AvgIpc) is 2.23. The zero-order valence-electron chi connectivity index (χ0n) is 7.50. The first-order valence-corrected chi connectivity index (χ1v) is 4.13. The van der Waals surface area contributed by atoms with Gasteiger partial charge in [-0.15, -0.1) is 0 Å². The van der Waals surface area contributed by atoms with Gasteiger partial charge in [0.25, 0.3) is 0 Å². The lowest BCUT2D eigenvalue weighted by atomic mass is 9.93. The summed E-state index contributed by atoms with van der Waals surface area (Å²) in [7, 11) is 0. The van der Waals surface area contributed by atoms with Gasteiger partial charge in [0, 0.05) is 6.42 Å². The SMILES string of the molecule is CC=CCC1(O)CC(=O)C=C1C. The summed E-state index contributed by atoms with van der Waals surface area (Å²) in [6.07, 6.45) is 6.08. The van der Waals surface area contributed by atoms with E-state index in [0.29, 0.717) is 6.42 Å². The Balaban J connectivity index is 2.74. The van der Waals surface area contributed by atoms with Crippen LogP contribution in [-0.4, -0.2) is 16.5 Å². The maximum Gasteiger partial charge on any atom is 0.158 e. The van der Waals surface area contributed by atoms with Gasteiger partial charge in [-0.3, -0.25) is 4.79 Å². The molecule has 1 N–H and O–H groups in total. The van der Waals surface area contributed by atoms with E-state index in [1.54, 1.807) is 6.92 Å². The van der Waals surface area contributed by atoms with Crippen LogP contribution in [0.5, 0.6) is 0 Å². The first-order chi connectivity index (χ1) is 5.58. The Morgan fingerprint density at radius 1 is 1.75 bits per heavy atom. The summed E-state index contributed by atoms with van der Waals surface area (Å²) in [5.41, 5.74) is -0.116. The predicted octanol–water partition coefficient (Wildman–Crippen LogP) is 1.60. The average molecular weight is 166 g/mol. The molecule has 0 aliphatic heterocycles. The Labute approximate surface area is 72.6 Å². The van der Waals surface area contributed by atoms with Crippen LogP contribution in [0.15, 0.2) is 23.8 Å². The van der Waals surface area contributed by atoms with E-state index >= 15 is 0 Å². The van der Waals surface area contributed by atoms with Gasteiger partial charge in [0.05, 0.1) is 5.60 Å². The van der Waals surface area contributed by atoms with Gasteiger partial charge in [-0.1, -0.05) is 12.2 Å². The van der Waals surface area contributed by atoms with Gasteiger partial charge >= 0.3 is 0 Å². The van der Waals surface area contributed by atoms with E-state index in [-0.39, 0.29) is 12.2 Å². The standard InChI is InChI=1S/C10H14O2/c1-3-4-5-10(12)7-9(11)6-8(10)2/h3-4,6,12H,5,7H2,1-2H3. The van der Waals surface area contributed by atoms with Crippen molar-refractivity contribution in [3.8, 4) is 0 Å². The molecule has 0 heterocycles. The number of carbonyl (C=O) groups excluding carboxylic acids is 1. The van der Waals surface area contributed by atoms with E-state index < -0.39 is 5.60 Å². The maximum absolute atomic E-state index is 11.0. The number of carbonyl (C=O) groups is 1. The summed E-state index contributed by atoms with van der Waals surface area (Å²) in [6.45, 7) is 3.70. The van der Waals surface area contributed by atoms with Crippen LogP contribution in [-0.2, 0) is 4.79 Å². The molecule has 0 bridgehead atoms. The molecular weight excluding hydrogens is 152 g/mol. The molecule has 1 aliphatic rings. The van der Waals surface area contributed by atoms with E-state index in [1.165, 1.54) is 6.08 Å². The van der Waals surface area contributed by atoms with Crippen molar-refractivity contribution < 1.29 is 9.90 Å². The second-order valence-corrected chi connectivity index (χ2v) is 3.28. The fraction of sp³-hybridized carbons (Fsp3) is 0.500. The quantitative estimate of drug-likeness (QED) is 0.633. The monoisotopic (exact) mass is 166 g/mol. The van der Waals surface area contributed by atoms with Crippen molar-refractivity contribution in [1.29, 1.82) is 0 Å². The molecule has 0 spiro atoms. The van der Waals surface area contributed by atoms with Crippen molar-refractivity contribution in [2.45, 2.75) is 32.3 Å². The van der Waals surface area contributed by atoms with Crippen LogP contribution in [0.2, 0.25) is 0 Å². The zero-order valence-corrected chi connectivity index (χ0v) is 7.50. The molecule has 1 unspecified atom stereocenters. The molecule has 0 aromatic carbocycles. The fourth-order valence-electron chi connectivity index (χ4n) is 1.40. The molecule has 0 aromatic rings. The molecule has 0 saturated carbocycles. The van der Waals surface area contributed by atoms with Gasteiger partial charge in [0.1, 0.15) is 0 Å². The first-order valence-electron chi connectivity index (χ1n) is 4.13. The van der Waals surface area contributed by atoms with Crippen molar-refractivity contribution in [2.24, 2.45) is 0 Å². The summed E-state index contributed by atoms with van der Waals surface area (Å²) in [4.78, 5) is 11.0. The molecule has 1 aliphatic carbocycles. The van der Waals surface area contributed by atoms with E-state index in [2.05, 4.69) is 0 Å². The van der Waals surface area contributed by atoms with Crippen LogP contribution in [0.25, 0.3) is 0 Å². The number of aliphatic hydroxyl groups is 1. The molecule has 2 heteroatoms. The van der Waals surface area contributed by atoms with E-state index in [0.717, 1.165) is 5.57 Å². The summed E-state index contributed by atoms with van der Waals surface area (Å²) in [6, 6.07) is 0. The molecule has 12 heavy (non-hydrogen) atoms. The van der Waals surface area contributed by atoms with Gasteiger partial charge in [-0.2, -0.15) is 0 Å². The van der Waals surface area contributed by atoms with E-state index in [4.69, 9.17) is 0 Å². The second kappa shape index (κ2) is 3.23. The van der Waals surface area contributed by atoms with Gasteiger partial charge < -0.3 is 5.11 Å². The minimum atomic E-state index is -0.899. The Kier molecular flexibility index (Phi) is 2.48. The highest BCUT2D eigenvalue weighted by Crippen LogP contribution is 2.31. The highest BCUT2D eigenvalue weighted by atomic mass is 16.3. The highest BCUT2D eigenvalue weighted by Gasteiger charge is 2.35. The van der Waals surface area contributed by atoms with Crippen LogP contribution in [0.4, 0.5) is 0 Å². The predicted molar refractivity (Wildman–Crippen MR) is 47.8 cm³/mol. The van der Waals surface area contributed by atoms with Crippen molar-refractivity contribution >= 4 is 5.78 Å². The third-order valence-corrected chi connectivity index (χ3v) is 2.27. The van der Waals surface area contributed by atoms with Crippen LogP contribution in [0, 0.1) is 0 Å². The number of hydrogen-bond acceptors (Lipinski definition) is 2. The second-order valence-electron chi connectivity index (χ2n) is 3.28. The summed E-state index contributed by atoms with van der Waals surface area (Å²) in [5, 5.41) is 9.92. The smallest absolute Gasteiger partial charge is 0.158 e. The van der Waals surface area contributed by atoms with Crippen molar-refractivity contribution in [2.75, 3.05) is 0 Å². The largest absolute Gasteiger partial charge is 0.385 e. The van der Waals surface area contributed by atoms with Crippen LogP contribution in [0.1, 0.15) is 26.7 Å². The number of allylic oxidation sites excluding steroid dienone is 2. The van der Waals surface area contributed by atoms with Gasteiger partial charge in [0.15, 0.2) is 5.78 Å². The van der Waals surface area contributed by atoms with Crippen molar-refractivity contribution in [3.05, 3.63) is 23.8 Å². The molecule has 0 amide bonds. The Morgan fingerprint density at radius 2 is 2.42 bits per heavy atom. The van der Waals surface area contributed by atoms with Crippen molar-refractivity contribution in [1.82, 2.24) is 0 Å². The topological polar surface area (TPSA) is 37.3 Å². The number of rotatable bonds is 2. The normalized spacial score (nSPS) is 29.9. The molecule has 0 saturated heterocycles. The Bertz CT molecular complexity index is 251. The minimum Gasteiger partial charge on any atom is -0.385 e. The lowest BCUT2D eigenvalue weighted by Gasteiger charge is -2.21. The highest BCUT2D eigenvalue weighted by molar-refractivity contribution is 5.94. The summed E-state index contributed by atoms with van der Waals surface area (Å²) in [5.74, 6) is 0.0273. The van der Waals surface area contributed by atoms with Gasteiger partial charge in [-0.05, 0) is 31.9 Å². The number of hydrogen-bond donors (Lipinski definition) is 1. The Morgan fingerprint density at radius 3 is 2.83 bits per heavy atom. The van der Waals surface area contributed by atoms with Crippen LogP contribution < -0.4 is 0 Å². The third kappa shape index (κ3) is 1.64. The number of ketones is 1. The van der Waals surface area contributed by atoms with Gasteiger partial charge in [0.2, 0.25) is 0 Å². The van der Waals surface area contributed by atoms with Gasteiger partial charge in [-0.25, -0.2) is 0 Å². The Hall–Kier alpha value is -0.890. The molecule has 1 rings (SSSR count). The maximum atomic E-state index is 11.0. The molecule has 2 nitrogen and oxygen atoms in total. The molecule has 1 atom stereocenters. The zero-order chi connectivity index (χ0) is 9.19. The minimum absolute atomic E-state index is 0.0273. The fourth-order valence-corrected chi connectivity index (χ4v) is 1.40. The summed E-state index contributed by atoms with van der Waals surface area (Å²) < 4.78 is 0. The first kappa shape index (κ1) is 9.20. The third-order valence-electron chi connectivity index (χ3n) is 2.27. The molecule has 66 valence electrons. The van der Waals surface area contributed by atoms with E-state index in [9.17, 15) is 9.90 Å². The molecule has 0 aromatic heterocycles. The van der Waals surface area contributed by atoms with Crippen molar-refractivity contribution in [3.63, 3.8) is 0 Å². The lowest BCUT2D eigenvalue weighted by molar-refractivity contribution is -0.116. The molecule has 0 radical (unpaired) electrons. The van der Waals surface area contributed by atoms with Crippen LogP contribution >= 0.6 is 0 Å². The lowest BCUT2D eigenvalue weighted by Crippen LogP contribution is -2.27. The summed E-state index contributed by atoms with van der Waals surface area (Å²) >= 11 is 0. The van der Waals surface area contributed by atoms with Crippen LogP contribution in [0.3, 0.4) is 0 Å².